The molecule has 0 aliphatic carbocycles. The van der Waals surface area contributed by atoms with Crippen LogP contribution in [0.15, 0.2) is 0 Å². The first-order valence-electron chi connectivity index (χ1n) is 11.6. The van der Waals surface area contributed by atoms with Gasteiger partial charge in [0.15, 0.2) is 11.6 Å². The van der Waals surface area contributed by atoms with Gasteiger partial charge in [0.05, 0.1) is 13.2 Å². The number of fused-ring (bicyclic) bond motifs is 1. The maximum Gasteiger partial charge on any atom is 0.320 e. The summed E-state index contributed by atoms with van der Waals surface area (Å²) in [5, 5.41) is 2.75. The maximum absolute atomic E-state index is 12.5. The summed E-state index contributed by atoms with van der Waals surface area (Å²) < 4.78 is 5.66. The average Bonchev–Trinajstić information content (AvgIpc) is 3.32. The van der Waals surface area contributed by atoms with E-state index < -0.39 is 0 Å². The number of unbranched alkanes of at least 4 members (excludes halogenated alkanes) is 1. The molecule has 0 unspecified atom stereocenters. The molecule has 2 aliphatic rings. The van der Waals surface area contributed by atoms with Crippen LogP contribution in [-0.2, 0) is 17.9 Å². The third-order valence-corrected chi connectivity index (χ3v) is 6.34. The van der Waals surface area contributed by atoms with Crippen LogP contribution in [0.3, 0.4) is 0 Å². The zero-order valence-corrected chi connectivity index (χ0v) is 19.6. The summed E-state index contributed by atoms with van der Waals surface area (Å²) in [5.74, 6) is 0.316. The highest BCUT2D eigenvalue weighted by molar-refractivity contribution is 6.60. The Hall–Kier alpha value is -2.61. The lowest BCUT2D eigenvalue weighted by atomic mass is 9.64. The molecule has 3 heterocycles. The Kier molecular flexibility index (Phi) is 7.45. The second-order valence-electron chi connectivity index (χ2n) is 8.79. The van der Waals surface area contributed by atoms with Crippen molar-refractivity contribution in [2.24, 2.45) is 0 Å². The fraction of sp³-hybridized carbons (Fsp3) is 0.500. The van der Waals surface area contributed by atoms with Gasteiger partial charge in [0.1, 0.15) is 37.1 Å². The van der Waals surface area contributed by atoms with E-state index in [4.69, 9.17) is 41.9 Å². The molecule has 1 saturated heterocycles. The number of likely N-dealkylation sites (tertiary alicyclic amines) is 1. The van der Waals surface area contributed by atoms with Gasteiger partial charge in [-0.2, -0.15) is 9.97 Å². The number of hydrogen-bond donors (Lipinski definition) is 2. The van der Waals surface area contributed by atoms with Crippen LogP contribution >= 0.6 is 0 Å². The predicted octanol–water partition coefficient (Wildman–Crippen LogP) is -2.03. The summed E-state index contributed by atoms with van der Waals surface area (Å²) in [6.45, 7) is 5.31. The number of nitrogens with one attached hydrogen (secondary N) is 1. The summed E-state index contributed by atoms with van der Waals surface area (Å²) >= 11 is 0. The Bertz CT molecular complexity index is 1090. The molecule has 1 fully saturated rings. The molecule has 2 aliphatic heterocycles. The number of benzene rings is 1. The molecule has 1 aromatic carbocycles. The minimum absolute atomic E-state index is 0.0302. The zero-order valence-electron chi connectivity index (χ0n) is 19.6. The molecule has 168 valence electrons. The van der Waals surface area contributed by atoms with Crippen LogP contribution in [0.1, 0.15) is 43.7 Å². The first kappa shape index (κ1) is 24.5. The number of nitrogens with zero attached hydrogens (tertiary/aromatic N) is 4. The number of rotatable bonds is 8. The third-order valence-electron chi connectivity index (χ3n) is 6.34. The molecule has 1 aromatic heterocycles. The summed E-state index contributed by atoms with van der Waals surface area (Å²) in [6.07, 6.45) is 4.11. The number of nitrogens with two attached hydrogens (primary N) is 1. The Morgan fingerprint density at radius 3 is 2.35 bits per heavy atom. The number of nitrogen functional groups attached to an aromatic ring is 1. The molecule has 8 nitrogen and oxygen atoms in total. The fourth-order valence-electron chi connectivity index (χ4n) is 4.36. The lowest BCUT2D eigenvalue weighted by molar-refractivity contribution is -0.115. The van der Waals surface area contributed by atoms with Crippen LogP contribution in [0.4, 0.5) is 17.3 Å². The Morgan fingerprint density at radius 2 is 1.68 bits per heavy atom. The van der Waals surface area contributed by atoms with E-state index >= 15 is 0 Å². The summed E-state index contributed by atoms with van der Waals surface area (Å²) in [5.41, 5.74) is 9.29. The van der Waals surface area contributed by atoms with E-state index in [1.807, 2.05) is 0 Å². The molecular weight excluding hydrogens is 424 g/mol. The quantitative estimate of drug-likeness (QED) is 0.354. The van der Waals surface area contributed by atoms with Crippen molar-refractivity contribution in [1.29, 1.82) is 0 Å². The van der Waals surface area contributed by atoms with Gasteiger partial charge in [0, 0.05) is 13.1 Å². The van der Waals surface area contributed by atoms with E-state index in [-0.39, 0.29) is 30.8 Å². The van der Waals surface area contributed by atoms with Crippen LogP contribution in [0.5, 0.6) is 6.01 Å². The SMILES string of the molecule is [B]c1c([B])c(CN2CCCC2)c([B])c(CN2CC(=O)Nc3c(N)nc(OCCCC)nc32)c1[B]. The van der Waals surface area contributed by atoms with Gasteiger partial charge in [-0.15, -0.1) is 10.9 Å². The standard InChI is InChI=1S/C22H26B4N6O2/c1-2-3-8-34-22-29-20(27)19-21(30-22)32(11-14(33)28-19)10-13-15(23)12(9-31-6-4-5-7-31)16(24)18(26)17(13)25/h2-11H2,1H3,(H,28,33)(H2,27,29,30). The Labute approximate surface area is 206 Å². The zero-order chi connectivity index (χ0) is 24.4. The van der Waals surface area contributed by atoms with Gasteiger partial charge in [0.2, 0.25) is 5.91 Å². The molecule has 4 rings (SSSR count). The van der Waals surface area contributed by atoms with E-state index in [0.717, 1.165) is 44.3 Å². The van der Waals surface area contributed by atoms with Crippen molar-refractivity contribution in [3.63, 3.8) is 0 Å². The van der Waals surface area contributed by atoms with Crippen molar-refractivity contribution in [3.05, 3.63) is 11.1 Å². The molecule has 34 heavy (non-hydrogen) atoms. The number of amides is 1. The minimum atomic E-state index is -0.250. The smallest absolute Gasteiger partial charge is 0.320 e. The van der Waals surface area contributed by atoms with Crippen LogP contribution in [0, 0.1) is 0 Å². The van der Waals surface area contributed by atoms with Crippen LogP contribution in [-0.4, -0.2) is 78.4 Å². The second kappa shape index (κ2) is 10.3. The predicted molar refractivity (Wildman–Crippen MR) is 139 cm³/mol. The number of carbonyl (C=O) groups is 1. The maximum atomic E-state index is 12.5. The summed E-state index contributed by atoms with van der Waals surface area (Å²) in [4.78, 5) is 25.2. The van der Waals surface area contributed by atoms with E-state index in [0.29, 0.717) is 52.1 Å². The van der Waals surface area contributed by atoms with E-state index in [2.05, 4.69) is 27.1 Å². The highest BCUT2D eigenvalue weighted by Crippen LogP contribution is 2.34. The van der Waals surface area contributed by atoms with Gasteiger partial charge in [-0.05, 0) is 43.5 Å². The number of anilines is 3. The van der Waals surface area contributed by atoms with Gasteiger partial charge in [-0.25, -0.2) is 0 Å². The number of hydrogen-bond acceptors (Lipinski definition) is 7. The average molecular weight is 450 g/mol. The number of aromatic nitrogens is 2. The number of ether oxygens (including phenoxy) is 1. The highest BCUT2D eigenvalue weighted by atomic mass is 16.5. The minimum Gasteiger partial charge on any atom is -0.463 e. The highest BCUT2D eigenvalue weighted by Gasteiger charge is 2.29. The number of carbonyl (C=O) groups excluding carboxylic acids is 1. The summed E-state index contributed by atoms with van der Waals surface area (Å²) in [6, 6.07) is 0.151. The van der Waals surface area contributed by atoms with Crippen LogP contribution < -0.4 is 42.5 Å². The van der Waals surface area contributed by atoms with Crippen molar-refractivity contribution in [1.82, 2.24) is 14.9 Å². The van der Waals surface area contributed by atoms with Crippen LogP contribution in [0.2, 0.25) is 0 Å². The molecule has 1 amide bonds. The Balaban J connectivity index is 1.70. The second-order valence-corrected chi connectivity index (χ2v) is 8.79. The largest absolute Gasteiger partial charge is 0.463 e. The molecule has 0 bridgehead atoms. The molecule has 2 aromatic rings. The molecule has 12 heteroatoms. The molecule has 8 radical (unpaired) electrons. The van der Waals surface area contributed by atoms with Gasteiger partial charge in [-0.3, -0.25) is 9.69 Å². The van der Waals surface area contributed by atoms with Gasteiger partial charge >= 0.3 is 6.01 Å². The lowest BCUT2D eigenvalue weighted by Gasteiger charge is -2.33. The fourth-order valence-corrected chi connectivity index (χ4v) is 4.36. The van der Waals surface area contributed by atoms with Gasteiger partial charge < -0.3 is 20.7 Å². The monoisotopic (exact) mass is 450 g/mol. The van der Waals surface area contributed by atoms with Crippen molar-refractivity contribution in [3.8, 4) is 6.01 Å². The lowest BCUT2D eigenvalue weighted by Crippen LogP contribution is -2.51. The van der Waals surface area contributed by atoms with Crippen molar-refractivity contribution in [2.45, 2.75) is 45.7 Å². The van der Waals surface area contributed by atoms with Gasteiger partial charge in [0.25, 0.3) is 0 Å². The van der Waals surface area contributed by atoms with E-state index in [9.17, 15) is 4.79 Å². The molecule has 0 saturated carbocycles. The molecule has 0 atom stereocenters. The van der Waals surface area contributed by atoms with Crippen molar-refractivity contribution >= 4 is 76.5 Å². The molecule has 0 spiro atoms. The van der Waals surface area contributed by atoms with E-state index in [1.165, 1.54) is 0 Å². The molecule has 3 N–H and O–H groups in total. The first-order valence-corrected chi connectivity index (χ1v) is 11.6. The molecular formula is C22H26B4N6O2. The third kappa shape index (κ3) is 4.92. The normalized spacial score (nSPS) is 15.9. The van der Waals surface area contributed by atoms with Crippen molar-refractivity contribution in [2.75, 3.05) is 42.2 Å². The van der Waals surface area contributed by atoms with E-state index in [1.54, 1.807) is 4.90 Å². The summed E-state index contributed by atoms with van der Waals surface area (Å²) in [7, 11) is 25.6. The topological polar surface area (TPSA) is 96.6 Å². The van der Waals surface area contributed by atoms with Crippen LogP contribution in [0.25, 0.3) is 0 Å². The van der Waals surface area contributed by atoms with Crippen molar-refractivity contribution < 1.29 is 9.53 Å². The Morgan fingerprint density at radius 1 is 1.00 bits per heavy atom. The van der Waals surface area contributed by atoms with Gasteiger partial charge in [-0.1, -0.05) is 24.3 Å². The first-order chi connectivity index (χ1) is 16.3.